The molecule has 0 bridgehead atoms. The number of benzene rings is 2. The second-order valence-electron chi connectivity index (χ2n) is 7.39. The Labute approximate surface area is 193 Å². The van der Waals surface area contributed by atoms with Gasteiger partial charge in [0.1, 0.15) is 5.56 Å². The van der Waals surface area contributed by atoms with E-state index in [1.165, 1.54) is 28.6 Å². The number of anilines is 1. The van der Waals surface area contributed by atoms with Gasteiger partial charge in [-0.25, -0.2) is 0 Å². The number of aromatic hydroxyl groups is 1. The number of nitrogens with one attached hydrogen (secondary N) is 2. The number of hydrogen-bond donors (Lipinski definition) is 3. The second-order valence-corrected chi connectivity index (χ2v) is 8.47. The van der Waals surface area contributed by atoms with Crippen molar-refractivity contribution >= 4 is 23.1 Å². The summed E-state index contributed by atoms with van der Waals surface area (Å²) < 4.78 is 6.89. The van der Waals surface area contributed by atoms with E-state index in [-0.39, 0.29) is 40.6 Å². The van der Waals surface area contributed by atoms with Crippen molar-refractivity contribution in [2.75, 3.05) is 17.7 Å². The zero-order chi connectivity index (χ0) is 23.5. The Bertz CT molecular complexity index is 1260. The zero-order valence-corrected chi connectivity index (χ0v) is 19.0. The number of ether oxygens (including phenoxy) is 1. The topological polar surface area (TPSA) is 134 Å². The number of nitrogens with zero attached hydrogens (tertiary/aromatic N) is 3. The Morgan fingerprint density at radius 3 is 2.79 bits per heavy atom. The molecule has 3 aromatic rings. The minimum Gasteiger partial charge on any atom is -0.504 e. The number of hydrogen-bond acceptors (Lipinski definition) is 8. The van der Waals surface area contributed by atoms with Gasteiger partial charge in [-0.3, -0.25) is 19.9 Å². The van der Waals surface area contributed by atoms with E-state index >= 15 is 0 Å². The fourth-order valence-corrected chi connectivity index (χ4v) is 4.69. The number of phenols is 1. The van der Waals surface area contributed by atoms with Crippen LogP contribution in [0.1, 0.15) is 38.4 Å². The van der Waals surface area contributed by atoms with Crippen molar-refractivity contribution in [3.05, 3.63) is 62.4 Å². The summed E-state index contributed by atoms with van der Waals surface area (Å²) in [5.74, 6) is 0.231. The quantitative estimate of drug-likeness (QED) is 0.149. The van der Waals surface area contributed by atoms with Crippen LogP contribution in [0.5, 0.6) is 11.5 Å². The number of rotatable bonds is 8. The van der Waals surface area contributed by atoms with E-state index < -0.39 is 11.1 Å². The summed E-state index contributed by atoms with van der Waals surface area (Å²) in [7, 11) is 0. The lowest BCUT2D eigenvalue weighted by atomic mass is 10.0. The summed E-state index contributed by atoms with van der Waals surface area (Å²) in [4.78, 5) is 27.5. The van der Waals surface area contributed by atoms with Crippen LogP contribution in [0.2, 0.25) is 0 Å². The van der Waals surface area contributed by atoms with Crippen molar-refractivity contribution in [1.82, 2.24) is 10.1 Å². The van der Waals surface area contributed by atoms with Crippen LogP contribution in [0, 0.1) is 10.1 Å². The smallest absolute Gasteiger partial charge is 0.326 e. The van der Waals surface area contributed by atoms with E-state index in [1.807, 2.05) is 12.1 Å². The van der Waals surface area contributed by atoms with Gasteiger partial charge in [0.05, 0.1) is 22.8 Å². The number of H-pyrrole nitrogens is 1. The lowest BCUT2D eigenvalue weighted by molar-refractivity contribution is -0.759. The summed E-state index contributed by atoms with van der Waals surface area (Å²) in [5.41, 5.74) is 1.06. The van der Waals surface area contributed by atoms with Crippen molar-refractivity contribution in [2.24, 2.45) is 0 Å². The SMILES string of the molecule is CCCCSc1n[n+]2c(c(=O)[nH]1)-c1ccccc1N[C@H]2c1ccc(O)c(OCC)c1[N+](=O)[O-]. The minimum absolute atomic E-state index is 0.138. The standard InChI is InChI=1S/C22H23N5O5S/c1-3-5-12-33-22-24-21(29)18-13-8-6-7-9-15(13)23-20(26(18)25-22)14-10-11-16(28)19(32-4-2)17(14)27(30)31/h6-11,20H,3-5,12H2,1-2H3,(H2,24,25,28,29)/p+1/t20-/m1/s1. The van der Waals surface area contributed by atoms with E-state index in [1.54, 1.807) is 19.1 Å². The average Bonchev–Trinajstić information content (AvgIpc) is 2.79. The molecule has 4 rings (SSSR count). The van der Waals surface area contributed by atoms with Gasteiger partial charge in [0, 0.05) is 10.9 Å². The van der Waals surface area contributed by atoms with Crippen LogP contribution in [0.15, 0.2) is 46.3 Å². The Morgan fingerprint density at radius 1 is 1.27 bits per heavy atom. The van der Waals surface area contributed by atoms with Gasteiger partial charge in [0.15, 0.2) is 5.75 Å². The third-order valence-electron chi connectivity index (χ3n) is 5.23. The van der Waals surface area contributed by atoms with Crippen LogP contribution >= 0.6 is 11.8 Å². The highest BCUT2D eigenvalue weighted by molar-refractivity contribution is 7.99. The van der Waals surface area contributed by atoms with Crippen LogP contribution in [0.25, 0.3) is 11.3 Å². The Balaban J connectivity index is 1.95. The van der Waals surface area contributed by atoms with Gasteiger partial charge < -0.3 is 15.2 Å². The number of fused-ring (bicyclic) bond motifs is 3. The van der Waals surface area contributed by atoms with E-state index in [2.05, 4.69) is 22.3 Å². The first-order valence-electron chi connectivity index (χ1n) is 10.6. The van der Waals surface area contributed by atoms with Gasteiger partial charge in [0.25, 0.3) is 6.17 Å². The molecule has 1 aromatic heterocycles. The maximum absolute atomic E-state index is 13.1. The third-order valence-corrected chi connectivity index (χ3v) is 6.18. The molecule has 172 valence electrons. The van der Waals surface area contributed by atoms with Gasteiger partial charge in [-0.05, 0) is 42.3 Å². The third kappa shape index (κ3) is 4.23. The number of aromatic amines is 1. The lowest BCUT2D eigenvalue weighted by Gasteiger charge is -2.22. The molecule has 0 fully saturated rings. The van der Waals surface area contributed by atoms with Crippen LogP contribution in [-0.2, 0) is 0 Å². The van der Waals surface area contributed by atoms with Gasteiger partial charge in [-0.1, -0.05) is 37.2 Å². The maximum Gasteiger partial charge on any atom is 0.326 e. The molecule has 1 aliphatic rings. The highest BCUT2D eigenvalue weighted by Crippen LogP contribution is 2.43. The van der Waals surface area contributed by atoms with Crippen molar-refractivity contribution in [3.8, 4) is 22.8 Å². The summed E-state index contributed by atoms with van der Waals surface area (Å²) in [5, 5.41) is 30.6. The predicted molar refractivity (Wildman–Crippen MR) is 124 cm³/mol. The first-order chi connectivity index (χ1) is 16.0. The second kappa shape index (κ2) is 9.49. The lowest BCUT2D eigenvalue weighted by Crippen LogP contribution is -2.55. The van der Waals surface area contributed by atoms with Gasteiger partial charge in [-0.2, -0.15) is 0 Å². The molecule has 1 atom stereocenters. The highest BCUT2D eigenvalue weighted by Gasteiger charge is 2.42. The minimum atomic E-state index is -0.872. The summed E-state index contributed by atoms with van der Waals surface area (Å²) >= 11 is 1.42. The molecular weight excluding hydrogens is 446 g/mol. The molecule has 33 heavy (non-hydrogen) atoms. The first-order valence-corrected chi connectivity index (χ1v) is 11.6. The molecule has 0 saturated carbocycles. The number of phenolic OH excluding ortho intramolecular Hbond substituents is 1. The molecule has 11 heteroatoms. The molecule has 0 spiro atoms. The molecule has 0 amide bonds. The number of nitro benzene ring substituents is 1. The number of unbranched alkanes of at least 4 members (excludes halogenated alkanes) is 1. The largest absolute Gasteiger partial charge is 0.504 e. The molecule has 2 aromatic carbocycles. The normalized spacial score (nSPS) is 14.2. The zero-order valence-electron chi connectivity index (χ0n) is 18.2. The molecular formula is C22H24N5O5S+. The molecule has 3 N–H and O–H groups in total. The van der Waals surface area contributed by atoms with Crippen LogP contribution in [0.3, 0.4) is 0 Å². The van der Waals surface area contributed by atoms with Crippen molar-refractivity contribution in [1.29, 1.82) is 0 Å². The predicted octanol–water partition coefficient (Wildman–Crippen LogP) is 3.60. The number of aromatic nitrogens is 3. The average molecular weight is 471 g/mol. The molecule has 2 heterocycles. The molecule has 10 nitrogen and oxygen atoms in total. The molecule has 1 aliphatic heterocycles. The Morgan fingerprint density at radius 2 is 2.06 bits per heavy atom. The van der Waals surface area contributed by atoms with E-state index in [4.69, 9.17) is 4.74 Å². The summed E-state index contributed by atoms with van der Waals surface area (Å²) in [6.45, 7) is 3.89. The van der Waals surface area contributed by atoms with Gasteiger partial charge >= 0.3 is 16.9 Å². The Kier molecular flexibility index (Phi) is 6.50. The van der Waals surface area contributed by atoms with E-state index in [0.29, 0.717) is 16.4 Å². The van der Waals surface area contributed by atoms with E-state index in [0.717, 1.165) is 18.6 Å². The fourth-order valence-electron chi connectivity index (χ4n) is 3.75. The summed E-state index contributed by atoms with van der Waals surface area (Å²) in [6.07, 6.45) is 1.09. The number of thioether (sulfide) groups is 1. The van der Waals surface area contributed by atoms with Crippen LogP contribution in [0.4, 0.5) is 11.4 Å². The molecule has 0 radical (unpaired) electrons. The van der Waals surface area contributed by atoms with Crippen molar-refractivity contribution < 1.29 is 19.4 Å². The van der Waals surface area contributed by atoms with Crippen molar-refractivity contribution in [3.63, 3.8) is 0 Å². The van der Waals surface area contributed by atoms with E-state index in [9.17, 15) is 20.0 Å². The maximum atomic E-state index is 13.1. The highest BCUT2D eigenvalue weighted by atomic mass is 32.2. The van der Waals surface area contributed by atoms with Crippen LogP contribution < -0.4 is 20.3 Å². The van der Waals surface area contributed by atoms with Crippen molar-refractivity contribution in [2.45, 2.75) is 38.0 Å². The monoisotopic (exact) mass is 470 g/mol. The van der Waals surface area contributed by atoms with Crippen LogP contribution in [-0.4, -0.2) is 32.5 Å². The number of nitro groups is 1. The molecule has 0 unspecified atom stereocenters. The van der Waals surface area contributed by atoms with Gasteiger partial charge in [0.2, 0.25) is 10.9 Å². The Hall–Kier alpha value is -3.60. The summed E-state index contributed by atoms with van der Waals surface area (Å²) in [6, 6.07) is 10.0. The van der Waals surface area contributed by atoms with Gasteiger partial charge in [-0.15, -0.1) is 0 Å². The first kappa shape index (κ1) is 22.6. The number of para-hydroxylation sites is 1. The molecule has 0 aliphatic carbocycles. The fraction of sp³-hybridized carbons (Fsp3) is 0.318. The molecule has 0 saturated heterocycles.